The number of aliphatic hydroxyl groups excluding tert-OH is 1. The molecule has 0 aliphatic rings. The van der Waals surface area contributed by atoms with Crippen molar-refractivity contribution in [2.75, 3.05) is 0 Å². The summed E-state index contributed by atoms with van der Waals surface area (Å²) < 4.78 is 26.4. The van der Waals surface area contributed by atoms with Gasteiger partial charge in [0.15, 0.2) is 0 Å². The lowest BCUT2D eigenvalue weighted by atomic mass is 9.79. The molecule has 0 fully saturated rings. The molecule has 0 bridgehead atoms. The predicted molar refractivity (Wildman–Crippen MR) is 66.7 cm³/mol. The molecule has 2 aromatic carbocycles. The lowest BCUT2D eigenvalue weighted by molar-refractivity contribution is 0.215. The molecule has 0 radical (unpaired) electrons. The molecule has 1 unspecified atom stereocenters. The highest BCUT2D eigenvalue weighted by atomic mass is 19.1. The number of hydrogen-bond acceptors (Lipinski definition) is 3. The van der Waals surface area contributed by atoms with Gasteiger partial charge in [-0.2, -0.15) is 0 Å². The Hall–Kier alpha value is -1.76. The van der Waals surface area contributed by atoms with Gasteiger partial charge >= 0.3 is 7.12 Å². The smallest absolute Gasteiger partial charge is 0.423 e. The van der Waals surface area contributed by atoms with Gasteiger partial charge in [-0.3, -0.25) is 0 Å². The molecule has 0 spiro atoms. The molecule has 6 heteroatoms. The van der Waals surface area contributed by atoms with Gasteiger partial charge in [0.2, 0.25) is 0 Å². The Morgan fingerprint density at radius 1 is 0.947 bits per heavy atom. The van der Waals surface area contributed by atoms with Crippen LogP contribution < -0.4 is 5.46 Å². The third-order valence-corrected chi connectivity index (χ3v) is 2.80. The molecule has 0 saturated carbocycles. The fraction of sp³-hybridized carbons (Fsp3) is 0.0769. The van der Waals surface area contributed by atoms with E-state index in [0.29, 0.717) is 5.56 Å². The highest BCUT2D eigenvalue weighted by Gasteiger charge is 2.19. The summed E-state index contributed by atoms with van der Waals surface area (Å²) in [5.74, 6) is -1.14. The Morgan fingerprint density at radius 2 is 1.58 bits per heavy atom. The van der Waals surface area contributed by atoms with E-state index < -0.39 is 24.9 Å². The van der Waals surface area contributed by atoms with Gasteiger partial charge in [-0.15, -0.1) is 0 Å². The Kier molecular flexibility index (Phi) is 3.94. The van der Waals surface area contributed by atoms with E-state index in [2.05, 4.69) is 0 Å². The summed E-state index contributed by atoms with van der Waals surface area (Å²) in [7, 11) is -1.75. The molecule has 1 atom stereocenters. The zero-order valence-electron chi connectivity index (χ0n) is 9.79. The minimum absolute atomic E-state index is 0.0672. The van der Waals surface area contributed by atoms with E-state index in [1.54, 1.807) is 0 Å². The van der Waals surface area contributed by atoms with Gasteiger partial charge in [0.1, 0.15) is 17.7 Å². The Bertz CT molecular complexity index is 573. The maximum Gasteiger partial charge on any atom is 0.488 e. The Balaban J connectivity index is 2.40. The fourth-order valence-corrected chi connectivity index (χ4v) is 1.76. The van der Waals surface area contributed by atoms with Crippen LogP contribution in [0.3, 0.4) is 0 Å². The van der Waals surface area contributed by atoms with E-state index >= 15 is 0 Å². The minimum atomic E-state index is -1.75. The van der Waals surface area contributed by atoms with Crippen molar-refractivity contribution in [2.45, 2.75) is 6.10 Å². The van der Waals surface area contributed by atoms with Crippen LogP contribution in [0.1, 0.15) is 17.2 Å². The average molecular weight is 264 g/mol. The van der Waals surface area contributed by atoms with Crippen LogP contribution in [0.2, 0.25) is 0 Å². The largest absolute Gasteiger partial charge is 0.488 e. The first-order valence-electron chi connectivity index (χ1n) is 5.58. The quantitative estimate of drug-likeness (QED) is 0.716. The van der Waals surface area contributed by atoms with E-state index in [1.165, 1.54) is 18.2 Å². The van der Waals surface area contributed by atoms with E-state index in [1.807, 2.05) is 0 Å². The van der Waals surface area contributed by atoms with Crippen LogP contribution in [0.4, 0.5) is 8.78 Å². The van der Waals surface area contributed by atoms with E-state index in [4.69, 9.17) is 10.0 Å². The predicted octanol–water partition coefficient (Wildman–Crippen LogP) is 0.726. The summed E-state index contributed by atoms with van der Waals surface area (Å²) in [6.07, 6.45) is -1.31. The molecule has 0 amide bonds. The molecule has 98 valence electrons. The van der Waals surface area contributed by atoms with Crippen molar-refractivity contribution in [3.8, 4) is 0 Å². The second-order valence-corrected chi connectivity index (χ2v) is 4.11. The Labute approximate surface area is 108 Å². The van der Waals surface area contributed by atoms with Crippen molar-refractivity contribution in [1.29, 1.82) is 0 Å². The van der Waals surface area contributed by atoms with E-state index in [0.717, 1.165) is 24.3 Å². The first-order valence-corrected chi connectivity index (χ1v) is 5.58. The normalized spacial score (nSPS) is 12.3. The number of aliphatic hydroxyl groups is 1. The zero-order chi connectivity index (χ0) is 14.0. The number of rotatable bonds is 3. The van der Waals surface area contributed by atoms with Crippen molar-refractivity contribution in [3.05, 3.63) is 65.2 Å². The molecule has 0 aromatic heterocycles. The lowest BCUT2D eigenvalue weighted by Gasteiger charge is -2.13. The fourth-order valence-electron chi connectivity index (χ4n) is 1.76. The molecule has 2 aromatic rings. The summed E-state index contributed by atoms with van der Waals surface area (Å²) in [6.45, 7) is 0. The first kappa shape index (κ1) is 13.7. The third kappa shape index (κ3) is 2.98. The molecular formula is C13H11BF2O3. The highest BCUT2D eigenvalue weighted by molar-refractivity contribution is 6.58. The highest BCUT2D eigenvalue weighted by Crippen LogP contribution is 2.23. The summed E-state index contributed by atoms with van der Waals surface area (Å²) in [5.41, 5.74) is 0.277. The average Bonchev–Trinajstić information content (AvgIpc) is 2.39. The van der Waals surface area contributed by atoms with Gasteiger partial charge < -0.3 is 15.2 Å². The van der Waals surface area contributed by atoms with Crippen LogP contribution in [-0.2, 0) is 0 Å². The van der Waals surface area contributed by atoms with Crippen molar-refractivity contribution in [1.82, 2.24) is 0 Å². The van der Waals surface area contributed by atoms with Gasteiger partial charge in [0.05, 0.1) is 0 Å². The van der Waals surface area contributed by atoms with E-state index in [9.17, 15) is 13.9 Å². The summed E-state index contributed by atoms with van der Waals surface area (Å²) in [5, 5.41) is 28.1. The second-order valence-electron chi connectivity index (χ2n) is 4.11. The Morgan fingerprint density at radius 3 is 2.16 bits per heavy atom. The first-order chi connectivity index (χ1) is 8.99. The minimum Gasteiger partial charge on any atom is -0.423 e. The standard InChI is InChI=1S/C13H11BF2O3/c15-10-4-1-8(2-5-10)13(17)11-7-9(14(18)19)3-6-12(11)16/h1-7,13,17-19H. The van der Waals surface area contributed by atoms with Crippen molar-refractivity contribution >= 4 is 12.6 Å². The number of benzene rings is 2. The molecule has 19 heavy (non-hydrogen) atoms. The van der Waals surface area contributed by atoms with Crippen LogP contribution >= 0.6 is 0 Å². The van der Waals surface area contributed by atoms with Gasteiger partial charge in [-0.05, 0) is 29.2 Å². The van der Waals surface area contributed by atoms with Crippen molar-refractivity contribution < 1.29 is 23.9 Å². The second kappa shape index (κ2) is 5.48. The maximum atomic E-state index is 13.7. The van der Waals surface area contributed by atoms with Crippen LogP contribution in [-0.4, -0.2) is 22.3 Å². The van der Waals surface area contributed by atoms with Crippen molar-refractivity contribution in [2.24, 2.45) is 0 Å². The molecule has 0 heterocycles. The maximum absolute atomic E-state index is 13.7. The molecule has 2 rings (SSSR count). The number of halogens is 2. The van der Waals surface area contributed by atoms with Crippen molar-refractivity contribution in [3.63, 3.8) is 0 Å². The molecule has 0 saturated heterocycles. The summed E-state index contributed by atoms with van der Waals surface area (Å²) in [4.78, 5) is 0. The van der Waals surface area contributed by atoms with Crippen LogP contribution in [0.25, 0.3) is 0 Å². The lowest BCUT2D eigenvalue weighted by Crippen LogP contribution is -2.30. The summed E-state index contributed by atoms with van der Waals surface area (Å²) >= 11 is 0. The van der Waals surface area contributed by atoms with Gasteiger partial charge in [-0.25, -0.2) is 8.78 Å². The molecule has 3 nitrogen and oxygen atoms in total. The SMILES string of the molecule is OB(O)c1ccc(F)c(C(O)c2ccc(F)cc2)c1. The molecule has 0 aliphatic carbocycles. The molecule has 3 N–H and O–H groups in total. The third-order valence-electron chi connectivity index (χ3n) is 2.80. The zero-order valence-corrected chi connectivity index (χ0v) is 9.79. The van der Waals surface area contributed by atoms with Crippen LogP contribution in [0.5, 0.6) is 0 Å². The number of hydrogen-bond donors (Lipinski definition) is 3. The van der Waals surface area contributed by atoms with Gasteiger partial charge in [0.25, 0.3) is 0 Å². The van der Waals surface area contributed by atoms with Crippen LogP contribution in [0, 0.1) is 11.6 Å². The molecular weight excluding hydrogens is 253 g/mol. The topological polar surface area (TPSA) is 60.7 Å². The summed E-state index contributed by atoms with van der Waals surface area (Å²) in [6, 6.07) is 8.39. The van der Waals surface area contributed by atoms with Crippen LogP contribution in [0.15, 0.2) is 42.5 Å². The van der Waals surface area contributed by atoms with Gasteiger partial charge in [0, 0.05) is 5.56 Å². The van der Waals surface area contributed by atoms with E-state index in [-0.39, 0.29) is 11.0 Å². The molecule has 0 aliphatic heterocycles. The van der Waals surface area contributed by atoms with Gasteiger partial charge in [-0.1, -0.05) is 24.3 Å². The monoisotopic (exact) mass is 264 g/mol.